The molecule has 0 aliphatic carbocycles. The van der Waals surface area contributed by atoms with E-state index < -0.39 is 15.9 Å². The summed E-state index contributed by atoms with van der Waals surface area (Å²) in [5.41, 5.74) is 0.528. The van der Waals surface area contributed by atoms with Crippen molar-refractivity contribution in [2.45, 2.75) is 51.0 Å². The van der Waals surface area contributed by atoms with Crippen LogP contribution >= 0.6 is 0 Å². The molecule has 0 saturated carbocycles. The van der Waals surface area contributed by atoms with Crippen LogP contribution in [0, 0.1) is 12.8 Å². The van der Waals surface area contributed by atoms with Crippen LogP contribution in [0.4, 0.5) is 5.82 Å². The van der Waals surface area contributed by atoms with Gasteiger partial charge < -0.3 is 10.1 Å². The molecule has 1 aromatic carbocycles. The number of amides is 1. The fraction of sp³-hybridized carbons (Fsp3) is 0.524. The van der Waals surface area contributed by atoms with Crippen LogP contribution in [0.5, 0.6) is 5.75 Å². The molecule has 8 nitrogen and oxygen atoms in total. The first kappa shape index (κ1) is 22.3. The van der Waals surface area contributed by atoms with Crippen molar-refractivity contribution >= 4 is 21.7 Å². The Morgan fingerprint density at radius 2 is 1.90 bits per heavy atom. The lowest BCUT2D eigenvalue weighted by Crippen LogP contribution is -2.44. The number of sulfonamides is 1. The molecule has 1 saturated heterocycles. The van der Waals surface area contributed by atoms with Gasteiger partial charge in [-0.15, -0.1) is 0 Å². The maximum absolute atomic E-state index is 13.0. The number of hydrogen-bond donors (Lipinski definition) is 1. The van der Waals surface area contributed by atoms with Crippen LogP contribution in [-0.2, 0) is 20.4 Å². The van der Waals surface area contributed by atoms with Gasteiger partial charge in [-0.2, -0.15) is 9.40 Å². The van der Waals surface area contributed by atoms with E-state index in [0.717, 1.165) is 5.69 Å². The quantitative estimate of drug-likeness (QED) is 0.781. The number of rotatable bonds is 5. The van der Waals surface area contributed by atoms with E-state index in [2.05, 4.69) is 10.4 Å². The van der Waals surface area contributed by atoms with Crippen LogP contribution in [0.15, 0.2) is 35.2 Å². The molecule has 164 valence electrons. The Hall–Kier alpha value is -2.39. The van der Waals surface area contributed by atoms with Gasteiger partial charge in [0.05, 0.1) is 29.2 Å². The Labute approximate surface area is 178 Å². The largest absolute Gasteiger partial charge is 0.497 e. The zero-order valence-corrected chi connectivity index (χ0v) is 19.0. The molecule has 1 amide bonds. The Kier molecular flexibility index (Phi) is 6.24. The first-order valence-corrected chi connectivity index (χ1v) is 11.5. The summed E-state index contributed by atoms with van der Waals surface area (Å²) in [6.07, 6.45) is 1.27. The van der Waals surface area contributed by atoms with Crippen LogP contribution in [0.3, 0.4) is 0 Å². The minimum atomic E-state index is -3.67. The van der Waals surface area contributed by atoms with Gasteiger partial charge in [0.1, 0.15) is 11.6 Å². The molecule has 30 heavy (non-hydrogen) atoms. The number of nitrogens with one attached hydrogen (secondary N) is 1. The maximum atomic E-state index is 13.0. The molecule has 0 spiro atoms. The highest BCUT2D eigenvalue weighted by Crippen LogP contribution is 2.27. The molecule has 1 atom stereocenters. The van der Waals surface area contributed by atoms with Gasteiger partial charge in [0.2, 0.25) is 15.9 Å². The molecule has 2 heterocycles. The molecule has 9 heteroatoms. The Morgan fingerprint density at radius 1 is 1.23 bits per heavy atom. The zero-order chi connectivity index (χ0) is 22.1. The Balaban J connectivity index is 1.75. The van der Waals surface area contributed by atoms with Crippen molar-refractivity contribution in [2.75, 3.05) is 25.5 Å². The van der Waals surface area contributed by atoms with E-state index >= 15 is 0 Å². The molecule has 1 aliphatic heterocycles. The number of aryl methyl sites for hydroxylation is 1. The van der Waals surface area contributed by atoms with E-state index in [0.29, 0.717) is 31.0 Å². The summed E-state index contributed by atoms with van der Waals surface area (Å²) < 4.78 is 34.4. The summed E-state index contributed by atoms with van der Waals surface area (Å²) in [5.74, 6) is 0.612. The molecule has 1 aromatic heterocycles. The number of carbonyl (C=O) groups excluding carboxylic acids is 1. The zero-order valence-electron chi connectivity index (χ0n) is 18.2. The summed E-state index contributed by atoms with van der Waals surface area (Å²) in [7, 11) is -2.14. The van der Waals surface area contributed by atoms with Crippen molar-refractivity contribution in [1.29, 1.82) is 0 Å². The lowest BCUT2D eigenvalue weighted by molar-refractivity contribution is -0.120. The summed E-state index contributed by atoms with van der Waals surface area (Å²) in [6.45, 7) is 8.47. The summed E-state index contributed by atoms with van der Waals surface area (Å²) in [4.78, 5) is 13.2. The normalized spacial score (nSPS) is 18.2. The highest BCUT2D eigenvalue weighted by atomic mass is 32.2. The smallest absolute Gasteiger partial charge is 0.243 e. The molecule has 3 rings (SSSR count). The average molecular weight is 435 g/mol. The van der Waals surface area contributed by atoms with Gasteiger partial charge in [0, 0.05) is 19.2 Å². The van der Waals surface area contributed by atoms with Crippen LogP contribution in [0.1, 0.15) is 39.3 Å². The number of piperidine rings is 1. The maximum Gasteiger partial charge on any atom is 0.243 e. The lowest BCUT2D eigenvalue weighted by atomic mass is 9.99. The summed E-state index contributed by atoms with van der Waals surface area (Å²) in [5, 5.41) is 7.43. The Bertz CT molecular complexity index is 1010. The molecular weight excluding hydrogens is 404 g/mol. The number of hydrogen-bond acceptors (Lipinski definition) is 5. The summed E-state index contributed by atoms with van der Waals surface area (Å²) in [6, 6.07) is 8.14. The minimum Gasteiger partial charge on any atom is -0.497 e. The second-order valence-corrected chi connectivity index (χ2v) is 10.6. The number of carbonyl (C=O) groups is 1. The third-order valence-corrected chi connectivity index (χ3v) is 7.05. The second kappa shape index (κ2) is 8.39. The highest BCUT2D eigenvalue weighted by molar-refractivity contribution is 7.89. The van der Waals surface area contributed by atoms with E-state index in [4.69, 9.17) is 4.74 Å². The average Bonchev–Trinajstić information content (AvgIpc) is 3.08. The number of anilines is 1. The third kappa shape index (κ3) is 4.67. The van der Waals surface area contributed by atoms with Crippen molar-refractivity contribution in [1.82, 2.24) is 14.1 Å². The fourth-order valence-corrected chi connectivity index (χ4v) is 5.12. The van der Waals surface area contributed by atoms with Gasteiger partial charge in [-0.1, -0.05) is 0 Å². The number of nitrogens with zero attached hydrogens (tertiary/aromatic N) is 3. The van der Waals surface area contributed by atoms with Crippen molar-refractivity contribution in [2.24, 2.45) is 5.92 Å². The molecule has 1 fully saturated rings. The first-order chi connectivity index (χ1) is 14.0. The van der Waals surface area contributed by atoms with E-state index in [1.54, 1.807) is 16.8 Å². The molecule has 1 aliphatic rings. The van der Waals surface area contributed by atoms with Crippen LogP contribution in [-0.4, -0.2) is 48.6 Å². The monoisotopic (exact) mass is 434 g/mol. The molecule has 0 bridgehead atoms. The van der Waals surface area contributed by atoms with Crippen LogP contribution in [0.2, 0.25) is 0 Å². The van der Waals surface area contributed by atoms with Crippen LogP contribution < -0.4 is 10.1 Å². The van der Waals surface area contributed by atoms with Crippen molar-refractivity contribution in [3.63, 3.8) is 0 Å². The molecular formula is C21H30N4O4S. The minimum absolute atomic E-state index is 0.156. The predicted octanol–water partition coefficient (Wildman–Crippen LogP) is 2.99. The standard InChI is InChI=1S/C21H30N4O4S/c1-15-13-19(25(23-15)21(2,3)4)22-20(26)16-7-6-12-24(14-16)30(27,28)18-10-8-17(29-5)9-11-18/h8-11,13,16H,6-7,12,14H2,1-5H3,(H,22,26). The van der Waals surface area contributed by atoms with E-state index in [9.17, 15) is 13.2 Å². The number of benzene rings is 1. The third-order valence-electron chi connectivity index (χ3n) is 5.17. The molecule has 2 aromatic rings. The van der Waals surface area contributed by atoms with E-state index in [1.165, 1.54) is 23.5 Å². The van der Waals surface area contributed by atoms with Gasteiger partial charge in [-0.05, 0) is 64.8 Å². The van der Waals surface area contributed by atoms with Crippen molar-refractivity contribution < 1.29 is 17.9 Å². The Morgan fingerprint density at radius 3 is 2.50 bits per heavy atom. The molecule has 1 unspecified atom stereocenters. The fourth-order valence-electron chi connectivity index (χ4n) is 3.60. The SMILES string of the molecule is COc1ccc(S(=O)(=O)N2CCCC(C(=O)Nc3cc(C)nn3C(C)(C)C)C2)cc1. The van der Waals surface area contributed by atoms with Gasteiger partial charge >= 0.3 is 0 Å². The van der Waals surface area contributed by atoms with Crippen molar-refractivity contribution in [3.8, 4) is 5.75 Å². The van der Waals surface area contributed by atoms with Gasteiger partial charge in [0.25, 0.3) is 0 Å². The van der Waals surface area contributed by atoms with Crippen LogP contribution in [0.25, 0.3) is 0 Å². The van der Waals surface area contributed by atoms with Crippen molar-refractivity contribution in [3.05, 3.63) is 36.0 Å². The highest BCUT2D eigenvalue weighted by Gasteiger charge is 2.34. The van der Waals surface area contributed by atoms with Gasteiger partial charge in [-0.25, -0.2) is 13.1 Å². The second-order valence-electron chi connectivity index (χ2n) is 8.62. The summed E-state index contributed by atoms with van der Waals surface area (Å²) >= 11 is 0. The van der Waals surface area contributed by atoms with Gasteiger partial charge in [-0.3, -0.25) is 4.79 Å². The topological polar surface area (TPSA) is 93.5 Å². The van der Waals surface area contributed by atoms with Gasteiger partial charge in [0.15, 0.2) is 0 Å². The lowest BCUT2D eigenvalue weighted by Gasteiger charge is -2.31. The molecule has 0 radical (unpaired) electrons. The number of ether oxygens (including phenoxy) is 1. The number of aromatic nitrogens is 2. The first-order valence-electron chi connectivity index (χ1n) is 10.0. The predicted molar refractivity (Wildman–Crippen MR) is 115 cm³/mol. The molecule has 1 N–H and O–H groups in total. The number of methoxy groups -OCH3 is 1. The van der Waals surface area contributed by atoms with E-state index in [-0.39, 0.29) is 22.9 Å². The van der Waals surface area contributed by atoms with E-state index in [1.807, 2.05) is 33.8 Å².